The largest absolute Gasteiger partial charge is 0.380 e. The third-order valence-corrected chi connectivity index (χ3v) is 4.20. The summed E-state index contributed by atoms with van der Waals surface area (Å²) in [7, 11) is -2.00. The smallest absolute Gasteiger partial charge is 0.240 e. The Kier molecular flexibility index (Phi) is 4.94. The minimum Gasteiger partial charge on any atom is -0.380 e. The van der Waals surface area contributed by atoms with E-state index in [1.165, 1.54) is 13.2 Å². The van der Waals surface area contributed by atoms with Crippen molar-refractivity contribution in [2.75, 3.05) is 13.7 Å². The highest BCUT2D eigenvalue weighted by molar-refractivity contribution is 7.89. The number of aryl methyl sites for hydroxylation is 1. The van der Waals surface area contributed by atoms with Gasteiger partial charge in [-0.15, -0.1) is 0 Å². The topological polar surface area (TPSA) is 55.4 Å². The molecule has 0 aliphatic heterocycles. The van der Waals surface area contributed by atoms with Crippen LogP contribution < -0.4 is 4.72 Å². The van der Waals surface area contributed by atoms with Crippen molar-refractivity contribution in [1.29, 1.82) is 0 Å². The Labute approximate surface area is 107 Å². The zero-order chi connectivity index (χ0) is 13.1. The number of halogens is 1. The molecule has 0 aromatic heterocycles. The number of nitrogens with one attached hydrogen (secondary N) is 1. The van der Waals surface area contributed by atoms with Gasteiger partial charge in [0.25, 0.3) is 0 Å². The first-order chi connectivity index (χ1) is 7.86. The number of rotatable bonds is 5. The normalized spacial score (nSPS) is 13.6. The molecule has 1 unspecified atom stereocenters. The van der Waals surface area contributed by atoms with E-state index in [4.69, 9.17) is 16.3 Å². The summed E-state index contributed by atoms with van der Waals surface area (Å²) in [5.74, 6) is 0. The van der Waals surface area contributed by atoms with E-state index in [2.05, 4.69) is 4.72 Å². The lowest BCUT2D eigenvalue weighted by atomic mass is 10.2. The zero-order valence-corrected chi connectivity index (χ0v) is 11.6. The van der Waals surface area contributed by atoms with E-state index < -0.39 is 10.0 Å². The number of methoxy groups -OCH3 is 1. The van der Waals surface area contributed by atoms with Gasteiger partial charge in [0.15, 0.2) is 0 Å². The van der Waals surface area contributed by atoms with Crippen LogP contribution in [0.3, 0.4) is 0 Å². The molecule has 0 saturated carbocycles. The van der Waals surface area contributed by atoms with Crippen molar-refractivity contribution in [3.63, 3.8) is 0 Å². The van der Waals surface area contributed by atoms with E-state index in [0.717, 1.165) is 0 Å². The highest BCUT2D eigenvalue weighted by Gasteiger charge is 2.17. The number of sulfonamides is 1. The Morgan fingerprint density at radius 2 is 2.12 bits per heavy atom. The maximum atomic E-state index is 12.0. The fourth-order valence-corrected chi connectivity index (χ4v) is 2.87. The summed E-state index contributed by atoms with van der Waals surface area (Å²) in [6, 6.07) is 4.78. The third kappa shape index (κ3) is 3.96. The van der Waals surface area contributed by atoms with E-state index in [0.29, 0.717) is 10.6 Å². The molecule has 1 aromatic rings. The Hall–Kier alpha value is -0.620. The van der Waals surface area contributed by atoms with Crippen LogP contribution in [-0.4, -0.2) is 28.2 Å². The lowest BCUT2D eigenvalue weighted by Gasteiger charge is -2.12. The van der Waals surface area contributed by atoms with Gasteiger partial charge in [0.05, 0.1) is 11.0 Å². The first-order valence-corrected chi connectivity index (χ1v) is 7.01. The molecule has 0 aliphatic carbocycles. The average molecular weight is 278 g/mol. The summed E-state index contributed by atoms with van der Waals surface area (Å²) in [6.07, 6.45) is -0.177. The quantitative estimate of drug-likeness (QED) is 0.895. The van der Waals surface area contributed by atoms with Crippen molar-refractivity contribution >= 4 is 21.6 Å². The zero-order valence-electron chi connectivity index (χ0n) is 10.0. The number of hydrogen-bond donors (Lipinski definition) is 1. The predicted octanol–water partition coefficient (Wildman–Crippen LogP) is 1.96. The summed E-state index contributed by atoms with van der Waals surface area (Å²) in [4.78, 5) is 0.202. The number of benzene rings is 1. The molecule has 17 heavy (non-hydrogen) atoms. The van der Waals surface area contributed by atoms with Crippen LogP contribution in [0.5, 0.6) is 0 Å². The molecular weight excluding hydrogens is 262 g/mol. The van der Waals surface area contributed by atoms with Crippen LogP contribution in [0.25, 0.3) is 0 Å². The van der Waals surface area contributed by atoms with Crippen LogP contribution in [0.2, 0.25) is 5.02 Å². The number of ether oxygens (including phenoxy) is 1. The van der Waals surface area contributed by atoms with Crippen LogP contribution in [-0.2, 0) is 14.8 Å². The minimum absolute atomic E-state index is 0.177. The molecule has 1 atom stereocenters. The first-order valence-electron chi connectivity index (χ1n) is 5.15. The Morgan fingerprint density at radius 1 is 1.47 bits per heavy atom. The standard InChI is InChI=1S/C11H16ClNO3S/c1-8-4-5-10(12)6-11(8)17(14,15)13-7-9(2)16-3/h4-6,9,13H,7H2,1-3H3. The Bertz CT molecular complexity index is 487. The fourth-order valence-electron chi connectivity index (χ4n) is 1.25. The van der Waals surface area contributed by atoms with Crippen LogP contribution >= 0.6 is 11.6 Å². The van der Waals surface area contributed by atoms with Crippen LogP contribution in [0.15, 0.2) is 23.1 Å². The van der Waals surface area contributed by atoms with E-state index in [-0.39, 0.29) is 17.5 Å². The van der Waals surface area contributed by atoms with Crippen LogP contribution in [0.4, 0.5) is 0 Å². The molecule has 0 radical (unpaired) electrons. The second kappa shape index (κ2) is 5.82. The van der Waals surface area contributed by atoms with Gasteiger partial charge in [0.2, 0.25) is 10.0 Å². The Morgan fingerprint density at radius 3 is 2.71 bits per heavy atom. The Balaban J connectivity index is 2.93. The maximum Gasteiger partial charge on any atom is 0.240 e. The van der Waals surface area contributed by atoms with Crippen molar-refractivity contribution in [3.8, 4) is 0 Å². The number of hydrogen-bond acceptors (Lipinski definition) is 3. The van der Waals surface area contributed by atoms with Gasteiger partial charge in [-0.25, -0.2) is 13.1 Å². The van der Waals surface area contributed by atoms with Gasteiger partial charge in [-0.05, 0) is 31.5 Å². The molecule has 4 nitrogen and oxygen atoms in total. The van der Waals surface area contributed by atoms with E-state index >= 15 is 0 Å². The van der Waals surface area contributed by atoms with Crippen molar-refractivity contribution < 1.29 is 13.2 Å². The van der Waals surface area contributed by atoms with Gasteiger partial charge in [0, 0.05) is 18.7 Å². The van der Waals surface area contributed by atoms with E-state index in [9.17, 15) is 8.42 Å². The summed E-state index contributed by atoms with van der Waals surface area (Å²) < 4.78 is 31.5. The second-order valence-corrected chi connectivity index (χ2v) is 5.98. The summed E-state index contributed by atoms with van der Waals surface area (Å²) in [5, 5.41) is 0.399. The van der Waals surface area contributed by atoms with Gasteiger partial charge in [-0.2, -0.15) is 0 Å². The predicted molar refractivity (Wildman–Crippen MR) is 67.8 cm³/mol. The molecule has 0 saturated heterocycles. The average Bonchev–Trinajstić information content (AvgIpc) is 2.29. The van der Waals surface area contributed by atoms with Crippen molar-refractivity contribution in [1.82, 2.24) is 4.72 Å². The molecular formula is C11H16ClNO3S. The summed E-state index contributed by atoms with van der Waals surface area (Å²) >= 11 is 5.80. The molecule has 6 heteroatoms. The first kappa shape index (κ1) is 14.4. The fraction of sp³-hybridized carbons (Fsp3) is 0.455. The minimum atomic E-state index is -3.53. The van der Waals surface area contributed by atoms with Crippen molar-refractivity contribution in [2.24, 2.45) is 0 Å². The van der Waals surface area contributed by atoms with Gasteiger partial charge >= 0.3 is 0 Å². The molecule has 1 rings (SSSR count). The second-order valence-electron chi connectivity index (χ2n) is 3.81. The third-order valence-electron chi connectivity index (χ3n) is 2.40. The van der Waals surface area contributed by atoms with E-state index in [1.807, 2.05) is 0 Å². The van der Waals surface area contributed by atoms with Gasteiger partial charge in [-0.1, -0.05) is 17.7 Å². The molecule has 0 heterocycles. The van der Waals surface area contributed by atoms with Gasteiger partial charge < -0.3 is 4.74 Å². The maximum absolute atomic E-state index is 12.0. The molecule has 0 spiro atoms. The summed E-state index contributed by atoms with van der Waals surface area (Å²) in [6.45, 7) is 3.74. The van der Waals surface area contributed by atoms with Crippen LogP contribution in [0.1, 0.15) is 12.5 Å². The van der Waals surface area contributed by atoms with Gasteiger partial charge in [-0.3, -0.25) is 0 Å². The molecule has 1 aromatic carbocycles. The summed E-state index contributed by atoms with van der Waals surface area (Å²) in [5.41, 5.74) is 0.659. The molecule has 0 amide bonds. The van der Waals surface area contributed by atoms with E-state index in [1.54, 1.807) is 26.0 Å². The monoisotopic (exact) mass is 277 g/mol. The molecule has 0 aliphatic rings. The highest BCUT2D eigenvalue weighted by Crippen LogP contribution is 2.19. The lowest BCUT2D eigenvalue weighted by molar-refractivity contribution is 0.122. The van der Waals surface area contributed by atoms with Crippen molar-refractivity contribution in [2.45, 2.75) is 24.8 Å². The molecule has 1 N–H and O–H groups in total. The molecule has 96 valence electrons. The molecule has 0 bridgehead atoms. The van der Waals surface area contributed by atoms with Crippen LogP contribution in [0, 0.1) is 6.92 Å². The highest BCUT2D eigenvalue weighted by atomic mass is 35.5. The van der Waals surface area contributed by atoms with Gasteiger partial charge in [0.1, 0.15) is 0 Å². The SMILES string of the molecule is COC(C)CNS(=O)(=O)c1cc(Cl)ccc1C. The lowest BCUT2D eigenvalue weighted by Crippen LogP contribution is -2.32. The molecule has 0 fully saturated rings. The van der Waals surface area contributed by atoms with Crippen molar-refractivity contribution in [3.05, 3.63) is 28.8 Å².